The zero-order valence-corrected chi connectivity index (χ0v) is 9.93. The van der Waals surface area contributed by atoms with E-state index < -0.39 is 0 Å². The lowest BCUT2D eigenvalue weighted by Crippen LogP contribution is -1.87. The first-order valence-electron chi connectivity index (χ1n) is 3.35. The first-order chi connectivity index (χ1) is 5.66. The maximum atomic E-state index is 5.94. The number of hydrogen-bond donors (Lipinski definition) is 0. The molecule has 0 bridgehead atoms. The SMILES string of the molecule is Clc1ccc(CCBr)c(Cl)c1Cl. The van der Waals surface area contributed by atoms with Crippen LogP contribution in [0.5, 0.6) is 0 Å². The van der Waals surface area contributed by atoms with Gasteiger partial charge in [-0.05, 0) is 18.1 Å². The van der Waals surface area contributed by atoms with Crippen LogP contribution in [0.3, 0.4) is 0 Å². The molecule has 66 valence electrons. The Morgan fingerprint density at radius 2 is 1.75 bits per heavy atom. The topological polar surface area (TPSA) is 0 Å². The molecule has 0 spiro atoms. The van der Waals surface area contributed by atoms with Crippen LogP contribution in [0.4, 0.5) is 0 Å². The Labute approximate surface area is 94.9 Å². The summed E-state index contributed by atoms with van der Waals surface area (Å²) in [6.45, 7) is 0. The Morgan fingerprint density at radius 1 is 1.08 bits per heavy atom. The van der Waals surface area contributed by atoms with Gasteiger partial charge >= 0.3 is 0 Å². The fourth-order valence-electron chi connectivity index (χ4n) is 0.861. The zero-order valence-electron chi connectivity index (χ0n) is 6.08. The van der Waals surface area contributed by atoms with Crippen molar-refractivity contribution in [1.82, 2.24) is 0 Å². The second-order valence-corrected chi connectivity index (χ2v) is 4.23. The van der Waals surface area contributed by atoms with Crippen LogP contribution < -0.4 is 0 Å². The van der Waals surface area contributed by atoms with Crippen molar-refractivity contribution >= 4 is 50.7 Å². The molecule has 0 fully saturated rings. The largest absolute Gasteiger partial charge is 0.0924 e. The van der Waals surface area contributed by atoms with Crippen molar-refractivity contribution < 1.29 is 0 Å². The molecule has 0 aliphatic heterocycles. The van der Waals surface area contributed by atoms with E-state index in [0.717, 1.165) is 17.3 Å². The molecular weight excluding hydrogens is 282 g/mol. The van der Waals surface area contributed by atoms with Gasteiger partial charge in [-0.15, -0.1) is 0 Å². The average molecular weight is 288 g/mol. The highest BCUT2D eigenvalue weighted by Gasteiger charge is 2.07. The van der Waals surface area contributed by atoms with E-state index in [0.29, 0.717) is 15.1 Å². The second-order valence-electron chi connectivity index (χ2n) is 2.27. The second kappa shape index (κ2) is 4.71. The van der Waals surface area contributed by atoms with Gasteiger partial charge in [0.2, 0.25) is 0 Å². The Balaban J connectivity index is 3.08. The Kier molecular flexibility index (Phi) is 4.18. The molecule has 0 atom stereocenters. The van der Waals surface area contributed by atoms with Crippen LogP contribution >= 0.6 is 50.7 Å². The van der Waals surface area contributed by atoms with Crippen LogP contribution in [0.15, 0.2) is 12.1 Å². The molecule has 0 saturated heterocycles. The van der Waals surface area contributed by atoms with Crippen LogP contribution in [0.1, 0.15) is 5.56 Å². The summed E-state index contributed by atoms with van der Waals surface area (Å²) in [5.74, 6) is 0. The molecule has 0 heterocycles. The molecule has 0 N–H and O–H groups in total. The maximum absolute atomic E-state index is 5.94. The van der Waals surface area contributed by atoms with E-state index in [4.69, 9.17) is 34.8 Å². The van der Waals surface area contributed by atoms with Crippen LogP contribution in [0.25, 0.3) is 0 Å². The number of benzene rings is 1. The molecule has 1 aromatic carbocycles. The summed E-state index contributed by atoms with van der Waals surface area (Å²) >= 11 is 20.9. The van der Waals surface area contributed by atoms with E-state index >= 15 is 0 Å². The van der Waals surface area contributed by atoms with Gasteiger partial charge in [-0.25, -0.2) is 0 Å². The minimum atomic E-state index is 0.441. The highest BCUT2D eigenvalue weighted by Crippen LogP contribution is 2.32. The summed E-state index contributed by atoms with van der Waals surface area (Å²) in [6, 6.07) is 3.64. The maximum Gasteiger partial charge on any atom is 0.0781 e. The van der Waals surface area contributed by atoms with E-state index in [2.05, 4.69) is 15.9 Å². The monoisotopic (exact) mass is 286 g/mol. The summed E-state index contributed by atoms with van der Waals surface area (Å²) in [5.41, 5.74) is 1.02. The van der Waals surface area contributed by atoms with Crippen molar-refractivity contribution in [2.24, 2.45) is 0 Å². The van der Waals surface area contributed by atoms with Gasteiger partial charge in [-0.3, -0.25) is 0 Å². The molecule has 0 saturated carbocycles. The van der Waals surface area contributed by atoms with Crippen molar-refractivity contribution in [2.75, 3.05) is 5.33 Å². The van der Waals surface area contributed by atoms with Crippen LogP contribution in [0.2, 0.25) is 15.1 Å². The summed E-state index contributed by atoms with van der Waals surface area (Å²) in [7, 11) is 0. The quantitative estimate of drug-likeness (QED) is 0.552. The van der Waals surface area contributed by atoms with Gasteiger partial charge in [-0.2, -0.15) is 0 Å². The molecule has 0 aromatic heterocycles. The fourth-order valence-corrected chi connectivity index (χ4v) is 1.94. The summed E-state index contributed by atoms with van der Waals surface area (Å²) in [5, 5.41) is 2.37. The van der Waals surface area contributed by atoms with Crippen molar-refractivity contribution in [3.05, 3.63) is 32.8 Å². The number of halogens is 4. The molecule has 0 aliphatic carbocycles. The highest BCUT2D eigenvalue weighted by molar-refractivity contribution is 9.09. The first-order valence-corrected chi connectivity index (χ1v) is 5.60. The lowest BCUT2D eigenvalue weighted by Gasteiger charge is -2.04. The number of alkyl halides is 1. The number of hydrogen-bond acceptors (Lipinski definition) is 0. The standard InChI is InChI=1S/C8H6BrCl3/c9-4-3-5-1-2-6(10)8(12)7(5)11/h1-2H,3-4H2. The summed E-state index contributed by atoms with van der Waals surface area (Å²) in [6.07, 6.45) is 0.857. The molecule has 0 unspecified atom stereocenters. The molecule has 1 rings (SSSR count). The zero-order chi connectivity index (χ0) is 9.14. The third kappa shape index (κ3) is 2.29. The lowest BCUT2D eigenvalue weighted by molar-refractivity contribution is 1.17. The molecule has 0 radical (unpaired) electrons. The molecule has 0 amide bonds. The number of rotatable bonds is 2. The van der Waals surface area contributed by atoms with Gasteiger partial charge in [0.1, 0.15) is 0 Å². The van der Waals surface area contributed by atoms with E-state index in [1.807, 2.05) is 6.07 Å². The normalized spacial score (nSPS) is 10.3. The van der Waals surface area contributed by atoms with Gasteiger partial charge in [-0.1, -0.05) is 56.8 Å². The Bertz CT molecular complexity index is 286. The molecular formula is C8H6BrCl3. The molecule has 1 aromatic rings. The fraction of sp³-hybridized carbons (Fsp3) is 0.250. The molecule has 0 aliphatic rings. The van der Waals surface area contributed by atoms with Gasteiger partial charge in [0.25, 0.3) is 0 Å². The van der Waals surface area contributed by atoms with Crippen molar-refractivity contribution in [3.8, 4) is 0 Å². The van der Waals surface area contributed by atoms with Crippen LogP contribution in [-0.2, 0) is 6.42 Å². The van der Waals surface area contributed by atoms with Gasteiger partial charge in [0, 0.05) is 5.33 Å². The predicted molar refractivity (Wildman–Crippen MR) is 59.0 cm³/mol. The third-order valence-electron chi connectivity index (χ3n) is 1.48. The average Bonchev–Trinajstić information content (AvgIpc) is 2.07. The lowest BCUT2D eigenvalue weighted by atomic mass is 10.2. The smallest absolute Gasteiger partial charge is 0.0781 e. The van der Waals surface area contributed by atoms with Crippen molar-refractivity contribution in [1.29, 1.82) is 0 Å². The molecule has 12 heavy (non-hydrogen) atoms. The van der Waals surface area contributed by atoms with E-state index in [1.165, 1.54) is 0 Å². The summed E-state index contributed by atoms with van der Waals surface area (Å²) < 4.78 is 0. The molecule has 0 nitrogen and oxygen atoms in total. The van der Waals surface area contributed by atoms with E-state index in [9.17, 15) is 0 Å². The Morgan fingerprint density at radius 3 is 2.33 bits per heavy atom. The minimum absolute atomic E-state index is 0.441. The Hall–Kier alpha value is 0.570. The van der Waals surface area contributed by atoms with Crippen molar-refractivity contribution in [3.63, 3.8) is 0 Å². The van der Waals surface area contributed by atoms with Gasteiger partial charge in [0.05, 0.1) is 15.1 Å². The first kappa shape index (κ1) is 10.6. The third-order valence-corrected chi connectivity index (χ3v) is 3.21. The minimum Gasteiger partial charge on any atom is -0.0924 e. The summed E-state index contributed by atoms with van der Waals surface area (Å²) in [4.78, 5) is 0. The van der Waals surface area contributed by atoms with Gasteiger partial charge in [0.15, 0.2) is 0 Å². The van der Waals surface area contributed by atoms with Crippen molar-refractivity contribution in [2.45, 2.75) is 6.42 Å². The van der Waals surface area contributed by atoms with E-state index in [-0.39, 0.29) is 0 Å². The highest BCUT2D eigenvalue weighted by atomic mass is 79.9. The number of aryl methyl sites for hydroxylation is 1. The van der Waals surface area contributed by atoms with Gasteiger partial charge < -0.3 is 0 Å². The molecule has 4 heteroatoms. The van der Waals surface area contributed by atoms with E-state index in [1.54, 1.807) is 6.07 Å². The predicted octanol–water partition coefficient (Wildman–Crippen LogP) is 4.58. The van der Waals surface area contributed by atoms with Crippen LogP contribution in [0, 0.1) is 0 Å². The van der Waals surface area contributed by atoms with Crippen LogP contribution in [-0.4, -0.2) is 5.33 Å².